The van der Waals surface area contributed by atoms with E-state index in [0.717, 1.165) is 12.8 Å². The van der Waals surface area contributed by atoms with E-state index in [2.05, 4.69) is 0 Å². The number of nitrogens with two attached hydrogens (primary N) is 1. The predicted molar refractivity (Wildman–Crippen MR) is 72.9 cm³/mol. The van der Waals surface area contributed by atoms with Gasteiger partial charge >= 0.3 is 0 Å². The SMILES string of the molecule is NS(=O)(=O)C1CC(=O)N(CCCc2ccccc2)C1. The van der Waals surface area contributed by atoms with Crippen LogP contribution in [0.15, 0.2) is 30.3 Å². The van der Waals surface area contributed by atoms with Gasteiger partial charge in [0.25, 0.3) is 0 Å². The number of benzene rings is 1. The largest absolute Gasteiger partial charge is 0.341 e. The normalized spacial score (nSPS) is 19.9. The molecule has 19 heavy (non-hydrogen) atoms. The van der Waals surface area contributed by atoms with Gasteiger partial charge < -0.3 is 4.90 Å². The minimum Gasteiger partial charge on any atom is -0.341 e. The lowest BCUT2D eigenvalue weighted by atomic mass is 10.1. The summed E-state index contributed by atoms with van der Waals surface area (Å²) in [4.78, 5) is 13.3. The van der Waals surface area contributed by atoms with Crippen LogP contribution in [0, 0.1) is 0 Å². The van der Waals surface area contributed by atoms with Gasteiger partial charge in [0.05, 0.1) is 0 Å². The summed E-state index contributed by atoms with van der Waals surface area (Å²) in [7, 11) is -3.61. The van der Waals surface area contributed by atoms with Crippen molar-refractivity contribution in [2.45, 2.75) is 24.5 Å². The van der Waals surface area contributed by atoms with E-state index in [1.54, 1.807) is 4.90 Å². The molecule has 1 aliphatic rings. The van der Waals surface area contributed by atoms with Crippen molar-refractivity contribution in [2.24, 2.45) is 5.14 Å². The van der Waals surface area contributed by atoms with E-state index >= 15 is 0 Å². The highest BCUT2D eigenvalue weighted by atomic mass is 32.2. The zero-order valence-corrected chi connectivity index (χ0v) is 11.5. The molecule has 1 saturated heterocycles. The van der Waals surface area contributed by atoms with Crippen molar-refractivity contribution >= 4 is 15.9 Å². The predicted octanol–water partition coefficient (Wildman–Crippen LogP) is 0.509. The molecule has 0 spiro atoms. The first-order valence-electron chi connectivity index (χ1n) is 6.30. The quantitative estimate of drug-likeness (QED) is 0.854. The van der Waals surface area contributed by atoms with Crippen LogP contribution in [0.2, 0.25) is 0 Å². The highest BCUT2D eigenvalue weighted by Crippen LogP contribution is 2.17. The molecule has 6 heteroatoms. The summed E-state index contributed by atoms with van der Waals surface area (Å²) in [6.45, 7) is 0.812. The summed E-state index contributed by atoms with van der Waals surface area (Å²) in [5.41, 5.74) is 1.22. The minimum absolute atomic E-state index is 0.0180. The third-order valence-corrected chi connectivity index (χ3v) is 4.62. The van der Waals surface area contributed by atoms with Crippen LogP contribution >= 0.6 is 0 Å². The molecule has 5 nitrogen and oxygen atoms in total. The molecule has 0 radical (unpaired) electrons. The Kier molecular flexibility index (Phi) is 4.21. The Hall–Kier alpha value is -1.40. The van der Waals surface area contributed by atoms with E-state index in [0.29, 0.717) is 6.54 Å². The fourth-order valence-corrected chi connectivity index (χ4v) is 3.05. The number of likely N-dealkylation sites (tertiary alicyclic amines) is 1. The number of amides is 1. The average Bonchev–Trinajstić information content (AvgIpc) is 2.72. The second-order valence-corrected chi connectivity index (χ2v) is 6.69. The first-order valence-corrected chi connectivity index (χ1v) is 7.91. The Morgan fingerprint density at radius 2 is 1.95 bits per heavy atom. The number of primary sulfonamides is 1. The Morgan fingerprint density at radius 1 is 1.26 bits per heavy atom. The lowest BCUT2D eigenvalue weighted by molar-refractivity contribution is -0.127. The maximum atomic E-state index is 11.7. The van der Waals surface area contributed by atoms with Crippen molar-refractivity contribution in [2.75, 3.05) is 13.1 Å². The van der Waals surface area contributed by atoms with Crippen LogP contribution in [0.1, 0.15) is 18.4 Å². The van der Waals surface area contributed by atoms with Crippen molar-refractivity contribution < 1.29 is 13.2 Å². The summed E-state index contributed by atoms with van der Waals surface area (Å²) in [6.07, 6.45) is 1.72. The molecule has 0 bridgehead atoms. The summed E-state index contributed by atoms with van der Waals surface area (Å²) in [5, 5.41) is 4.34. The molecule has 1 fully saturated rings. The van der Waals surface area contributed by atoms with Gasteiger partial charge in [-0.25, -0.2) is 13.6 Å². The van der Waals surface area contributed by atoms with Crippen LogP contribution < -0.4 is 5.14 Å². The molecule has 0 saturated carbocycles. The van der Waals surface area contributed by atoms with Crippen LogP contribution in [0.3, 0.4) is 0 Å². The van der Waals surface area contributed by atoms with E-state index in [-0.39, 0.29) is 18.9 Å². The van der Waals surface area contributed by atoms with Crippen LogP contribution in [0.5, 0.6) is 0 Å². The molecule has 0 aliphatic carbocycles. The smallest absolute Gasteiger partial charge is 0.224 e. The maximum Gasteiger partial charge on any atom is 0.224 e. The first-order chi connectivity index (χ1) is 8.97. The van der Waals surface area contributed by atoms with Crippen molar-refractivity contribution in [1.82, 2.24) is 4.90 Å². The molecular formula is C13H18N2O3S. The fraction of sp³-hybridized carbons (Fsp3) is 0.462. The number of nitrogens with zero attached hydrogens (tertiary/aromatic N) is 1. The van der Waals surface area contributed by atoms with Crippen molar-refractivity contribution in [3.8, 4) is 0 Å². The van der Waals surface area contributed by atoms with Crippen LogP contribution in [-0.2, 0) is 21.2 Å². The number of rotatable bonds is 5. The van der Waals surface area contributed by atoms with E-state index < -0.39 is 15.3 Å². The van der Waals surface area contributed by atoms with Crippen molar-refractivity contribution in [3.63, 3.8) is 0 Å². The highest BCUT2D eigenvalue weighted by molar-refractivity contribution is 7.89. The molecule has 1 amide bonds. The Bertz CT molecular complexity index is 542. The minimum atomic E-state index is -3.61. The van der Waals surface area contributed by atoms with Gasteiger partial charge in [-0.3, -0.25) is 4.79 Å². The molecule has 1 unspecified atom stereocenters. The van der Waals surface area contributed by atoms with E-state index in [4.69, 9.17) is 5.14 Å². The van der Waals surface area contributed by atoms with E-state index in [1.165, 1.54) is 5.56 Å². The second-order valence-electron chi connectivity index (χ2n) is 4.84. The molecule has 1 aromatic carbocycles. The molecule has 1 atom stereocenters. The van der Waals surface area contributed by atoms with Gasteiger partial charge in [0.15, 0.2) is 0 Å². The second kappa shape index (κ2) is 5.71. The highest BCUT2D eigenvalue weighted by Gasteiger charge is 2.35. The lowest BCUT2D eigenvalue weighted by Gasteiger charge is -2.15. The summed E-state index contributed by atoms with van der Waals surface area (Å²) in [5.74, 6) is -0.118. The van der Waals surface area contributed by atoms with Crippen LogP contribution in [-0.4, -0.2) is 37.6 Å². The van der Waals surface area contributed by atoms with Crippen LogP contribution in [0.25, 0.3) is 0 Å². The third-order valence-electron chi connectivity index (χ3n) is 3.38. The summed E-state index contributed by atoms with van der Waals surface area (Å²) in [6, 6.07) is 10.0. The standard InChI is InChI=1S/C13H18N2O3S/c14-19(17,18)12-9-13(16)15(10-12)8-4-7-11-5-2-1-3-6-11/h1-3,5-6,12H,4,7-10H2,(H2,14,17,18). The molecule has 1 heterocycles. The average molecular weight is 282 g/mol. The molecule has 0 aromatic heterocycles. The molecule has 1 aliphatic heterocycles. The number of sulfonamides is 1. The lowest BCUT2D eigenvalue weighted by Crippen LogP contribution is -2.32. The Labute approximate surface area is 113 Å². The topological polar surface area (TPSA) is 80.5 Å². The zero-order chi connectivity index (χ0) is 13.9. The summed E-state index contributed by atoms with van der Waals surface area (Å²) >= 11 is 0. The summed E-state index contributed by atoms with van der Waals surface area (Å²) < 4.78 is 22.4. The molecule has 1 aromatic rings. The third kappa shape index (κ3) is 3.78. The van der Waals surface area contributed by atoms with Gasteiger partial charge in [0.1, 0.15) is 5.25 Å². The van der Waals surface area contributed by atoms with E-state index in [9.17, 15) is 13.2 Å². The van der Waals surface area contributed by atoms with Gasteiger partial charge in [-0.2, -0.15) is 0 Å². The maximum absolute atomic E-state index is 11.7. The molecule has 104 valence electrons. The van der Waals surface area contributed by atoms with E-state index in [1.807, 2.05) is 30.3 Å². The first kappa shape index (κ1) is 14.0. The monoisotopic (exact) mass is 282 g/mol. The number of carbonyl (C=O) groups is 1. The van der Waals surface area contributed by atoms with Gasteiger partial charge in [-0.15, -0.1) is 0 Å². The number of hydrogen-bond donors (Lipinski definition) is 1. The Morgan fingerprint density at radius 3 is 2.53 bits per heavy atom. The number of hydrogen-bond acceptors (Lipinski definition) is 3. The molecule has 2 rings (SSSR count). The molecule has 2 N–H and O–H groups in total. The number of aryl methyl sites for hydroxylation is 1. The van der Waals surface area contributed by atoms with Gasteiger partial charge in [0.2, 0.25) is 15.9 Å². The Balaban J connectivity index is 1.83. The van der Waals surface area contributed by atoms with Gasteiger partial charge in [-0.05, 0) is 18.4 Å². The number of carbonyl (C=O) groups excluding carboxylic acids is 1. The molecular weight excluding hydrogens is 264 g/mol. The van der Waals surface area contributed by atoms with Crippen LogP contribution in [0.4, 0.5) is 0 Å². The van der Waals surface area contributed by atoms with Crippen molar-refractivity contribution in [1.29, 1.82) is 0 Å². The van der Waals surface area contributed by atoms with Gasteiger partial charge in [-0.1, -0.05) is 30.3 Å². The zero-order valence-electron chi connectivity index (χ0n) is 10.7. The van der Waals surface area contributed by atoms with Gasteiger partial charge in [0, 0.05) is 19.5 Å². The van der Waals surface area contributed by atoms with Crippen molar-refractivity contribution in [3.05, 3.63) is 35.9 Å². The fourth-order valence-electron chi connectivity index (χ4n) is 2.29.